The molecule has 3 atom stereocenters. The molecule has 3 unspecified atom stereocenters. The highest BCUT2D eigenvalue weighted by molar-refractivity contribution is 5.83. The summed E-state index contributed by atoms with van der Waals surface area (Å²) < 4.78 is 0. The van der Waals surface area contributed by atoms with Crippen molar-refractivity contribution in [2.24, 2.45) is 22.4 Å². The molecule has 58 valence electrons. The Morgan fingerprint density at radius 1 is 1.70 bits per heavy atom. The first kappa shape index (κ1) is 7.46. The van der Waals surface area contributed by atoms with Gasteiger partial charge in [-0.3, -0.25) is 11.1 Å². The van der Waals surface area contributed by atoms with E-state index in [2.05, 4.69) is 10.3 Å². The number of nitrogens with one attached hydrogen (secondary N) is 1. The summed E-state index contributed by atoms with van der Waals surface area (Å²) in [6.07, 6.45) is -1.24. The molecule has 1 aliphatic heterocycles. The van der Waals surface area contributed by atoms with Crippen molar-refractivity contribution in [3.8, 4) is 0 Å². The molecule has 0 radical (unpaired) electrons. The fourth-order valence-corrected chi connectivity index (χ4v) is 0.796. The van der Waals surface area contributed by atoms with Crippen LogP contribution in [-0.2, 0) is 0 Å². The normalized spacial score (nSPS) is 41.1. The van der Waals surface area contributed by atoms with Crippen molar-refractivity contribution in [2.45, 2.75) is 19.4 Å². The maximum absolute atomic E-state index is 9.17. The predicted molar refractivity (Wildman–Crippen MR) is 37.9 cm³/mol. The Balaban J connectivity index is 2.71. The van der Waals surface area contributed by atoms with Crippen molar-refractivity contribution in [3.05, 3.63) is 0 Å². The van der Waals surface area contributed by atoms with Gasteiger partial charge in [-0.15, -0.1) is 0 Å². The highest BCUT2D eigenvalue weighted by atomic mass is 16.3. The molecular formula is C5H12N4O. The third-order valence-electron chi connectivity index (χ3n) is 1.57. The quantitative estimate of drug-likeness (QED) is 0.320. The molecule has 6 N–H and O–H groups in total. The molecule has 5 nitrogen and oxygen atoms in total. The van der Waals surface area contributed by atoms with Gasteiger partial charge in [0.05, 0.1) is 5.92 Å². The molecule has 0 aromatic carbocycles. The van der Waals surface area contributed by atoms with Gasteiger partial charge in [-0.1, -0.05) is 6.92 Å². The summed E-state index contributed by atoms with van der Waals surface area (Å²) >= 11 is 0. The number of rotatable bonds is 0. The highest BCUT2D eigenvalue weighted by Gasteiger charge is 2.24. The van der Waals surface area contributed by atoms with Gasteiger partial charge in [-0.05, 0) is 0 Å². The smallest absolute Gasteiger partial charge is 0.155 e. The van der Waals surface area contributed by atoms with Crippen LogP contribution in [0.5, 0.6) is 0 Å². The van der Waals surface area contributed by atoms with Crippen molar-refractivity contribution in [1.29, 1.82) is 0 Å². The molecular weight excluding hydrogens is 132 g/mol. The monoisotopic (exact) mass is 144 g/mol. The van der Waals surface area contributed by atoms with Crippen LogP contribution < -0.4 is 16.8 Å². The van der Waals surface area contributed by atoms with E-state index < -0.39 is 12.5 Å². The summed E-state index contributed by atoms with van der Waals surface area (Å²) in [5, 5.41) is 11.8. The molecule has 0 aromatic rings. The van der Waals surface area contributed by atoms with Crippen LogP contribution in [-0.4, -0.2) is 23.5 Å². The number of aliphatic hydroxyl groups is 1. The number of amidine groups is 1. The van der Waals surface area contributed by atoms with Crippen LogP contribution in [0, 0.1) is 5.92 Å². The van der Waals surface area contributed by atoms with Gasteiger partial charge in [0, 0.05) is 0 Å². The molecule has 0 fully saturated rings. The second-order valence-electron chi connectivity index (χ2n) is 2.40. The van der Waals surface area contributed by atoms with E-state index in [0.29, 0.717) is 5.84 Å². The number of nitrogens with zero attached hydrogens (tertiary/aromatic N) is 1. The van der Waals surface area contributed by atoms with E-state index in [4.69, 9.17) is 16.6 Å². The highest BCUT2D eigenvalue weighted by Crippen LogP contribution is 2.05. The van der Waals surface area contributed by atoms with Crippen molar-refractivity contribution in [3.63, 3.8) is 0 Å². The number of aliphatic hydroxyl groups excluding tert-OH is 1. The van der Waals surface area contributed by atoms with Gasteiger partial charge in [-0.2, -0.15) is 0 Å². The van der Waals surface area contributed by atoms with Crippen molar-refractivity contribution in [2.75, 3.05) is 0 Å². The van der Waals surface area contributed by atoms with E-state index in [1.54, 1.807) is 6.92 Å². The fourth-order valence-electron chi connectivity index (χ4n) is 0.796. The molecule has 1 rings (SSSR count). The maximum atomic E-state index is 9.17. The molecule has 0 aromatic heterocycles. The Morgan fingerprint density at radius 2 is 2.30 bits per heavy atom. The predicted octanol–water partition coefficient (Wildman–Crippen LogP) is -1.86. The van der Waals surface area contributed by atoms with E-state index in [9.17, 15) is 0 Å². The average Bonchev–Trinajstić information content (AvgIpc) is 1.82. The summed E-state index contributed by atoms with van der Waals surface area (Å²) in [7, 11) is 0. The van der Waals surface area contributed by atoms with Crippen molar-refractivity contribution < 1.29 is 5.11 Å². The van der Waals surface area contributed by atoms with Crippen LogP contribution in [0.15, 0.2) is 4.99 Å². The molecule has 10 heavy (non-hydrogen) atoms. The average molecular weight is 144 g/mol. The summed E-state index contributed by atoms with van der Waals surface area (Å²) in [6.45, 7) is 1.78. The summed E-state index contributed by atoms with van der Waals surface area (Å²) in [5.41, 5.74) is 10.8. The number of hydrogen-bond acceptors (Lipinski definition) is 5. The Labute approximate surface area is 59.1 Å². The number of aliphatic imine (C=N–C) groups is 1. The van der Waals surface area contributed by atoms with Gasteiger partial charge >= 0.3 is 0 Å². The van der Waals surface area contributed by atoms with Crippen LogP contribution in [0.1, 0.15) is 6.92 Å². The standard InChI is InChI=1S/C5H12N4O/c1-2-3(6)8-5(7)9-4(2)10/h2,4-5,9-10H,7H2,1H3,(H2,6,8). The minimum absolute atomic E-state index is 0.153. The first-order valence-electron chi connectivity index (χ1n) is 3.14. The fraction of sp³-hybridized carbons (Fsp3) is 0.800. The van der Waals surface area contributed by atoms with Gasteiger partial charge in [0.25, 0.3) is 0 Å². The lowest BCUT2D eigenvalue weighted by Gasteiger charge is -2.27. The van der Waals surface area contributed by atoms with Crippen LogP contribution in [0.25, 0.3) is 0 Å². The minimum atomic E-state index is -0.674. The lowest BCUT2D eigenvalue weighted by atomic mass is 10.1. The summed E-state index contributed by atoms with van der Waals surface area (Å²) in [5.74, 6) is 0.249. The molecule has 0 saturated carbocycles. The topological polar surface area (TPSA) is 96.7 Å². The van der Waals surface area contributed by atoms with Crippen LogP contribution >= 0.6 is 0 Å². The lowest BCUT2D eigenvalue weighted by molar-refractivity contribution is 0.0884. The summed E-state index contributed by atoms with van der Waals surface area (Å²) in [4.78, 5) is 3.82. The van der Waals surface area contributed by atoms with E-state index in [0.717, 1.165) is 0 Å². The molecule has 0 spiro atoms. The van der Waals surface area contributed by atoms with Gasteiger partial charge in [0.15, 0.2) is 6.29 Å². The SMILES string of the molecule is CC1C(N)=NC(N)NC1O. The second kappa shape index (κ2) is 2.53. The molecule has 0 aliphatic carbocycles. The Morgan fingerprint density at radius 3 is 2.80 bits per heavy atom. The summed E-state index contributed by atoms with van der Waals surface area (Å²) in [6, 6.07) is 0. The Hall–Kier alpha value is -0.650. The third-order valence-corrected chi connectivity index (χ3v) is 1.57. The van der Waals surface area contributed by atoms with E-state index in [1.165, 1.54) is 0 Å². The molecule has 1 heterocycles. The Kier molecular flexibility index (Phi) is 1.89. The molecule has 0 amide bonds. The minimum Gasteiger partial charge on any atom is -0.387 e. The van der Waals surface area contributed by atoms with E-state index in [1.807, 2.05) is 0 Å². The van der Waals surface area contributed by atoms with E-state index in [-0.39, 0.29) is 5.92 Å². The Bertz CT molecular complexity index is 158. The first-order valence-corrected chi connectivity index (χ1v) is 3.14. The molecule has 1 aliphatic rings. The third kappa shape index (κ3) is 1.26. The second-order valence-corrected chi connectivity index (χ2v) is 2.40. The largest absolute Gasteiger partial charge is 0.387 e. The number of nitrogens with two attached hydrogens (primary N) is 2. The van der Waals surface area contributed by atoms with Crippen LogP contribution in [0.4, 0.5) is 0 Å². The molecule has 0 bridgehead atoms. The van der Waals surface area contributed by atoms with E-state index >= 15 is 0 Å². The zero-order valence-electron chi connectivity index (χ0n) is 5.78. The van der Waals surface area contributed by atoms with Gasteiger partial charge in [0.2, 0.25) is 0 Å². The first-order chi connectivity index (χ1) is 4.61. The zero-order valence-corrected chi connectivity index (χ0v) is 5.78. The van der Waals surface area contributed by atoms with Crippen LogP contribution in [0.3, 0.4) is 0 Å². The van der Waals surface area contributed by atoms with Crippen molar-refractivity contribution >= 4 is 5.84 Å². The number of hydrogen-bond donors (Lipinski definition) is 4. The van der Waals surface area contributed by atoms with Crippen molar-refractivity contribution in [1.82, 2.24) is 5.32 Å². The maximum Gasteiger partial charge on any atom is 0.155 e. The molecule has 5 heteroatoms. The lowest BCUT2D eigenvalue weighted by Crippen LogP contribution is -2.54. The molecule has 0 saturated heterocycles. The van der Waals surface area contributed by atoms with Crippen LogP contribution in [0.2, 0.25) is 0 Å². The van der Waals surface area contributed by atoms with Gasteiger partial charge in [0.1, 0.15) is 12.1 Å². The zero-order chi connectivity index (χ0) is 7.72. The van der Waals surface area contributed by atoms with Gasteiger partial charge in [-0.25, -0.2) is 4.99 Å². The van der Waals surface area contributed by atoms with Gasteiger partial charge < -0.3 is 10.8 Å².